The van der Waals surface area contributed by atoms with E-state index in [4.69, 9.17) is 16.7 Å². The van der Waals surface area contributed by atoms with E-state index in [1.165, 1.54) is 18.2 Å². The number of carbonyl (C=O) groups is 1. The molecule has 1 fully saturated rings. The summed E-state index contributed by atoms with van der Waals surface area (Å²) in [5.41, 5.74) is 0.172. The maximum absolute atomic E-state index is 12.6. The molecule has 1 amide bonds. The van der Waals surface area contributed by atoms with Crippen LogP contribution in [-0.2, 0) is 20.0 Å². The normalized spacial score (nSPS) is 14.7. The Morgan fingerprint density at radius 1 is 1.13 bits per heavy atom. The lowest BCUT2D eigenvalue weighted by atomic mass is 10.1. The van der Waals surface area contributed by atoms with Gasteiger partial charge in [0.15, 0.2) is 0 Å². The van der Waals surface area contributed by atoms with E-state index in [0.29, 0.717) is 11.6 Å². The molecule has 158 valence electrons. The highest BCUT2D eigenvalue weighted by atomic mass is 35.5. The predicted molar refractivity (Wildman–Crippen MR) is 111 cm³/mol. The number of carbonyl (C=O) groups excluding carboxylic acids is 1. The average Bonchev–Trinajstić information content (AvgIpc) is 3.19. The topological polar surface area (TPSA) is 136 Å². The first-order valence-electron chi connectivity index (χ1n) is 8.94. The quantitative estimate of drug-likeness (QED) is 0.660. The first kappa shape index (κ1) is 22.2. The maximum atomic E-state index is 12.6. The van der Waals surface area contributed by atoms with Gasteiger partial charge in [-0.1, -0.05) is 42.5 Å². The van der Waals surface area contributed by atoms with Crippen LogP contribution in [0.25, 0.3) is 0 Å². The number of amides is 1. The van der Waals surface area contributed by atoms with Crippen molar-refractivity contribution in [2.75, 3.05) is 0 Å². The molecule has 0 atom stereocenters. The first-order chi connectivity index (χ1) is 14.1. The Balaban J connectivity index is 1.83. The summed E-state index contributed by atoms with van der Waals surface area (Å²) in [6.45, 7) is 0. The van der Waals surface area contributed by atoms with E-state index in [1.807, 2.05) is 0 Å². The van der Waals surface area contributed by atoms with Gasteiger partial charge in [0.2, 0.25) is 10.0 Å². The number of sulfonamides is 2. The second kappa shape index (κ2) is 8.73. The number of primary sulfonamides is 1. The van der Waals surface area contributed by atoms with E-state index < -0.39 is 35.7 Å². The molecule has 1 saturated carbocycles. The van der Waals surface area contributed by atoms with Crippen molar-refractivity contribution < 1.29 is 21.6 Å². The van der Waals surface area contributed by atoms with Gasteiger partial charge in [-0.15, -0.1) is 0 Å². The smallest absolute Gasteiger partial charge is 0.266 e. The van der Waals surface area contributed by atoms with Crippen LogP contribution < -0.4 is 9.86 Å². The van der Waals surface area contributed by atoms with Crippen LogP contribution in [0.3, 0.4) is 0 Å². The molecule has 3 rings (SSSR count). The zero-order chi connectivity index (χ0) is 21.9. The second-order valence-corrected chi connectivity index (χ2v) is 10.3. The highest BCUT2D eigenvalue weighted by Gasteiger charge is 2.26. The predicted octanol–water partition coefficient (Wildman–Crippen LogP) is 2.04. The Morgan fingerprint density at radius 2 is 1.77 bits per heavy atom. The number of benzene rings is 1. The van der Waals surface area contributed by atoms with Crippen molar-refractivity contribution in [2.45, 2.75) is 35.5 Å². The minimum atomic E-state index is -4.52. The molecule has 2 aromatic rings. The summed E-state index contributed by atoms with van der Waals surface area (Å²) in [7, 11) is -8.85. The summed E-state index contributed by atoms with van der Waals surface area (Å²) in [5, 5.41) is 5.17. The van der Waals surface area contributed by atoms with E-state index in [1.54, 1.807) is 4.72 Å². The van der Waals surface area contributed by atoms with Gasteiger partial charge >= 0.3 is 0 Å². The summed E-state index contributed by atoms with van der Waals surface area (Å²) in [4.78, 5) is 15.2. The molecule has 0 radical (unpaired) electrons. The number of hydrogen-bond acceptors (Lipinski definition) is 6. The van der Waals surface area contributed by atoms with Crippen molar-refractivity contribution in [2.24, 2.45) is 11.1 Å². The third-order valence-corrected chi connectivity index (χ3v) is 7.30. The Morgan fingerprint density at radius 3 is 2.37 bits per heavy atom. The second-order valence-electron chi connectivity index (χ2n) is 6.73. The van der Waals surface area contributed by atoms with E-state index in [-0.39, 0.29) is 10.6 Å². The molecule has 0 unspecified atom stereocenters. The van der Waals surface area contributed by atoms with Gasteiger partial charge in [-0.05, 0) is 37.0 Å². The van der Waals surface area contributed by atoms with Crippen molar-refractivity contribution >= 4 is 37.6 Å². The van der Waals surface area contributed by atoms with Gasteiger partial charge in [0, 0.05) is 12.1 Å². The Labute approximate surface area is 179 Å². The third-order valence-electron chi connectivity index (χ3n) is 4.53. The minimum absolute atomic E-state index is 0.107. The number of hydrogen-bond donors (Lipinski definition) is 2. The van der Waals surface area contributed by atoms with E-state index in [0.717, 1.165) is 44.0 Å². The molecule has 0 aliphatic heterocycles. The Kier molecular flexibility index (Phi) is 6.47. The fourth-order valence-corrected chi connectivity index (χ4v) is 5.61. The van der Waals surface area contributed by atoms with E-state index in [9.17, 15) is 21.6 Å². The molecule has 30 heavy (non-hydrogen) atoms. The van der Waals surface area contributed by atoms with Crippen LogP contribution in [0.2, 0.25) is 5.02 Å². The summed E-state index contributed by atoms with van der Waals surface area (Å²) >= 11 is 6.14. The van der Waals surface area contributed by atoms with Gasteiger partial charge in [-0.3, -0.25) is 4.79 Å². The van der Waals surface area contributed by atoms with Crippen LogP contribution in [0.15, 0.2) is 46.3 Å². The van der Waals surface area contributed by atoms with Crippen LogP contribution in [0.5, 0.6) is 0 Å². The molecule has 0 spiro atoms. The van der Waals surface area contributed by atoms with Crippen LogP contribution in [-0.4, -0.2) is 27.7 Å². The lowest BCUT2D eigenvalue weighted by Crippen LogP contribution is -2.32. The van der Waals surface area contributed by atoms with Crippen molar-refractivity contribution in [1.82, 2.24) is 9.71 Å². The average molecular weight is 468 g/mol. The van der Waals surface area contributed by atoms with Gasteiger partial charge in [-0.25, -0.2) is 31.7 Å². The van der Waals surface area contributed by atoms with E-state index in [2.05, 4.69) is 16.8 Å². The van der Waals surface area contributed by atoms with Gasteiger partial charge in [0.05, 0.1) is 10.6 Å². The van der Waals surface area contributed by atoms with Gasteiger partial charge in [-0.2, -0.15) is 0 Å². The van der Waals surface area contributed by atoms with Crippen molar-refractivity contribution in [3.8, 4) is 11.8 Å². The fourth-order valence-electron chi connectivity index (χ4n) is 3.04. The van der Waals surface area contributed by atoms with Crippen LogP contribution >= 0.6 is 11.6 Å². The molecule has 1 aliphatic carbocycles. The minimum Gasteiger partial charge on any atom is -0.268 e. The lowest BCUT2D eigenvalue weighted by Gasteiger charge is -2.10. The standard InChI is InChI=1S/C19H18ClN3O5S2/c20-15-11-14(12-22-16(15)10-9-13-5-1-2-6-13)19(24)23-30(27,28)18-8-4-3-7-17(18)29(21,25)26/h3-4,7-8,11-13H,1-2,5-6H2,(H,23,24)(H2,21,25,26). The van der Waals surface area contributed by atoms with Crippen molar-refractivity contribution in [3.63, 3.8) is 0 Å². The monoisotopic (exact) mass is 467 g/mol. The highest BCUT2D eigenvalue weighted by molar-refractivity contribution is 7.92. The summed E-state index contributed by atoms with van der Waals surface area (Å²) in [6.07, 6.45) is 5.50. The number of aromatic nitrogens is 1. The molecular weight excluding hydrogens is 450 g/mol. The zero-order valence-electron chi connectivity index (χ0n) is 15.6. The number of rotatable bonds is 4. The molecule has 1 heterocycles. The first-order valence-corrected chi connectivity index (χ1v) is 12.3. The number of halogens is 1. The maximum Gasteiger partial charge on any atom is 0.266 e. The number of nitrogens with zero attached hydrogens (tertiary/aromatic N) is 1. The molecule has 1 aromatic carbocycles. The molecule has 11 heteroatoms. The molecule has 0 saturated heterocycles. The van der Waals surface area contributed by atoms with Crippen molar-refractivity contribution in [1.29, 1.82) is 0 Å². The van der Waals surface area contributed by atoms with Crippen LogP contribution in [0, 0.1) is 17.8 Å². The zero-order valence-corrected chi connectivity index (χ0v) is 18.0. The number of pyridine rings is 1. The van der Waals surface area contributed by atoms with Gasteiger partial charge in [0.1, 0.15) is 15.5 Å². The lowest BCUT2D eigenvalue weighted by molar-refractivity contribution is 0.0981. The molecule has 0 bridgehead atoms. The molecule has 8 nitrogen and oxygen atoms in total. The fraction of sp³-hybridized carbons (Fsp3) is 0.263. The summed E-state index contributed by atoms with van der Waals surface area (Å²) in [5.74, 6) is 5.28. The van der Waals surface area contributed by atoms with Crippen LogP contribution in [0.4, 0.5) is 0 Å². The summed E-state index contributed by atoms with van der Waals surface area (Å²) in [6, 6.07) is 5.94. The Hall–Kier alpha value is -2.45. The van der Waals surface area contributed by atoms with Crippen molar-refractivity contribution in [3.05, 3.63) is 52.8 Å². The number of nitrogens with two attached hydrogens (primary N) is 1. The SMILES string of the molecule is NS(=O)(=O)c1ccccc1S(=O)(=O)NC(=O)c1cnc(C#CC2CCCC2)c(Cl)c1. The largest absolute Gasteiger partial charge is 0.268 e. The van der Waals surface area contributed by atoms with Gasteiger partial charge < -0.3 is 0 Å². The highest BCUT2D eigenvalue weighted by Crippen LogP contribution is 2.24. The van der Waals surface area contributed by atoms with Gasteiger partial charge in [0.25, 0.3) is 15.9 Å². The molecule has 3 N–H and O–H groups in total. The number of nitrogens with one attached hydrogen (secondary N) is 1. The molecule has 1 aromatic heterocycles. The Bertz CT molecular complexity index is 1260. The molecular formula is C19H18ClN3O5S2. The molecule has 1 aliphatic rings. The van der Waals surface area contributed by atoms with Crippen LogP contribution in [0.1, 0.15) is 41.7 Å². The van der Waals surface area contributed by atoms with E-state index >= 15 is 0 Å². The summed E-state index contributed by atoms with van der Waals surface area (Å²) < 4.78 is 50.2. The third kappa shape index (κ3) is 5.17.